The fourth-order valence-corrected chi connectivity index (χ4v) is 2.45. The maximum atomic E-state index is 12.1. The predicted octanol–water partition coefficient (Wildman–Crippen LogP) is 1.60. The molecule has 0 aliphatic heterocycles. The average Bonchev–Trinajstić information content (AvgIpc) is 2.85. The molecule has 4 nitrogen and oxygen atoms in total. The third-order valence-corrected chi connectivity index (χ3v) is 3.48. The molecule has 1 atom stereocenters. The van der Waals surface area contributed by atoms with Gasteiger partial charge in [-0.15, -0.1) is 11.3 Å². The molecule has 0 saturated heterocycles. The Kier molecular flexibility index (Phi) is 7.19. The molecule has 0 aromatic carbocycles. The van der Waals surface area contributed by atoms with Crippen LogP contribution in [-0.2, 0) is 4.74 Å². The molecule has 0 spiro atoms. The van der Waals surface area contributed by atoms with Gasteiger partial charge in [0.25, 0.3) is 5.91 Å². The third-order valence-electron chi connectivity index (χ3n) is 2.48. The highest BCUT2D eigenvalue weighted by atomic mass is 32.1. The van der Waals surface area contributed by atoms with Crippen molar-refractivity contribution in [3.05, 3.63) is 21.9 Å². The van der Waals surface area contributed by atoms with Gasteiger partial charge in [0.05, 0.1) is 28.9 Å². The van der Waals surface area contributed by atoms with Crippen LogP contribution in [0, 0.1) is 11.8 Å². The number of nitrogens with two attached hydrogens (primary N) is 1. The summed E-state index contributed by atoms with van der Waals surface area (Å²) in [7, 11) is 1.64. The second kappa shape index (κ2) is 8.70. The maximum Gasteiger partial charge on any atom is 0.261 e. The van der Waals surface area contributed by atoms with Crippen molar-refractivity contribution in [1.82, 2.24) is 5.32 Å². The Bertz CT molecular complexity index is 454. The van der Waals surface area contributed by atoms with Crippen LogP contribution in [0.5, 0.6) is 0 Å². The van der Waals surface area contributed by atoms with Gasteiger partial charge in [-0.05, 0) is 18.6 Å². The molecule has 19 heavy (non-hydrogen) atoms. The highest BCUT2D eigenvalue weighted by Crippen LogP contribution is 2.15. The third kappa shape index (κ3) is 5.43. The second-order valence-corrected chi connectivity index (χ2v) is 5.17. The minimum atomic E-state index is -0.0682. The molecular formula is C14H20N2O2S. The number of hydrogen-bond donors (Lipinski definition) is 2. The molecule has 1 aromatic rings. The fourth-order valence-electron chi connectivity index (χ4n) is 1.67. The van der Waals surface area contributed by atoms with Gasteiger partial charge >= 0.3 is 0 Å². The van der Waals surface area contributed by atoms with Crippen molar-refractivity contribution in [3.63, 3.8) is 0 Å². The van der Waals surface area contributed by atoms with Crippen molar-refractivity contribution in [2.75, 3.05) is 20.3 Å². The van der Waals surface area contributed by atoms with Crippen molar-refractivity contribution < 1.29 is 9.53 Å². The molecule has 0 radical (unpaired) electrons. The van der Waals surface area contributed by atoms with Crippen molar-refractivity contribution in [3.8, 4) is 11.8 Å². The second-order valence-electron chi connectivity index (χ2n) is 4.08. The van der Waals surface area contributed by atoms with Crippen LogP contribution in [0.1, 0.15) is 34.3 Å². The standard InChI is InChI=1S/C14H20N2O2S/c1-3-5-11(10-18-2)16-14(17)13-8-7-12(19-13)6-4-9-15/h7-8,11H,3,5,9-10,15H2,1-2H3,(H,16,17). The molecule has 104 valence electrons. The lowest BCUT2D eigenvalue weighted by atomic mass is 10.2. The van der Waals surface area contributed by atoms with Gasteiger partial charge in [-0.2, -0.15) is 0 Å². The van der Waals surface area contributed by atoms with Crippen molar-refractivity contribution in [2.24, 2.45) is 5.73 Å². The van der Waals surface area contributed by atoms with E-state index in [0.29, 0.717) is 18.0 Å². The average molecular weight is 280 g/mol. The van der Waals surface area contributed by atoms with E-state index in [0.717, 1.165) is 17.7 Å². The minimum absolute atomic E-state index is 0.0585. The van der Waals surface area contributed by atoms with Crippen molar-refractivity contribution in [1.29, 1.82) is 0 Å². The van der Waals surface area contributed by atoms with E-state index in [1.54, 1.807) is 13.2 Å². The van der Waals surface area contributed by atoms with Crippen molar-refractivity contribution >= 4 is 17.2 Å². The number of carbonyl (C=O) groups is 1. The first kappa shape index (κ1) is 15.7. The van der Waals surface area contributed by atoms with E-state index in [1.807, 2.05) is 6.07 Å². The Morgan fingerprint density at radius 3 is 3.00 bits per heavy atom. The number of rotatable bonds is 6. The van der Waals surface area contributed by atoms with Gasteiger partial charge in [0, 0.05) is 7.11 Å². The lowest BCUT2D eigenvalue weighted by molar-refractivity contribution is 0.0895. The monoisotopic (exact) mass is 280 g/mol. The lowest BCUT2D eigenvalue weighted by Gasteiger charge is -2.16. The van der Waals surface area contributed by atoms with Gasteiger partial charge in [-0.3, -0.25) is 4.79 Å². The Morgan fingerprint density at radius 2 is 2.37 bits per heavy atom. The first-order chi connectivity index (χ1) is 9.21. The molecule has 0 saturated carbocycles. The molecular weight excluding hydrogens is 260 g/mol. The summed E-state index contributed by atoms with van der Waals surface area (Å²) in [6.07, 6.45) is 1.91. The van der Waals surface area contributed by atoms with Gasteiger partial charge in [0.2, 0.25) is 0 Å². The molecule has 1 unspecified atom stereocenters. The predicted molar refractivity (Wildman–Crippen MR) is 78.3 cm³/mol. The van der Waals surface area contributed by atoms with Gasteiger partial charge in [0.1, 0.15) is 0 Å². The largest absolute Gasteiger partial charge is 0.383 e. The molecule has 1 aromatic heterocycles. The van der Waals surface area contributed by atoms with Crippen LogP contribution >= 0.6 is 11.3 Å². The molecule has 0 aliphatic carbocycles. The summed E-state index contributed by atoms with van der Waals surface area (Å²) in [5.41, 5.74) is 5.31. The molecule has 1 heterocycles. The Balaban J connectivity index is 2.63. The topological polar surface area (TPSA) is 64.3 Å². The Hall–Kier alpha value is -1.35. The summed E-state index contributed by atoms with van der Waals surface area (Å²) < 4.78 is 5.10. The van der Waals surface area contributed by atoms with Crippen LogP contribution in [0.4, 0.5) is 0 Å². The molecule has 0 fully saturated rings. The zero-order valence-corrected chi connectivity index (χ0v) is 12.2. The first-order valence-electron chi connectivity index (χ1n) is 6.29. The summed E-state index contributed by atoms with van der Waals surface area (Å²) in [6.45, 7) is 2.94. The smallest absolute Gasteiger partial charge is 0.261 e. The molecule has 3 N–H and O–H groups in total. The number of ether oxygens (including phenoxy) is 1. The fraction of sp³-hybridized carbons (Fsp3) is 0.500. The molecule has 1 rings (SSSR count). The summed E-state index contributed by atoms with van der Waals surface area (Å²) in [5.74, 6) is 5.63. The minimum Gasteiger partial charge on any atom is -0.383 e. The number of carbonyl (C=O) groups excluding carboxylic acids is 1. The van der Waals surface area contributed by atoms with Crippen LogP contribution in [0.2, 0.25) is 0 Å². The van der Waals surface area contributed by atoms with E-state index in [4.69, 9.17) is 10.5 Å². The first-order valence-corrected chi connectivity index (χ1v) is 7.11. The summed E-state index contributed by atoms with van der Waals surface area (Å²) in [4.78, 5) is 13.6. The van der Waals surface area contributed by atoms with E-state index in [1.165, 1.54) is 11.3 Å². The van der Waals surface area contributed by atoms with Crippen LogP contribution in [0.25, 0.3) is 0 Å². The van der Waals surface area contributed by atoms with Crippen LogP contribution in [-0.4, -0.2) is 32.2 Å². The van der Waals surface area contributed by atoms with E-state index < -0.39 is 0 Å². The maximum absolute atomic E-state index is 12.1. The van der Waals surface area contributed by atoms with Gasteiger partial charge < -0.3 is 15.8 Å². The Labute approximate surface area is 118 Å². The number of thiophene rings is 1. The number of nitrogens with one attached hydrogen (secondary N) is 1. The van der Waals surface area contributed by atoms with E-state index in [9.17, 15) is 4.79 Å². The Morgan fingerprint density at radius 1 is 1.58 bits per heavy atom. The van der Waals surface area contributed by atoms with Crippen LogP contribution in [0.3, 0.4) is 0 Å². The SMILES string of the molecule is CCCC(COC)NC(=O)c1ccc(C#CCN)s1. The van der Waals surface area contributed by atoms with Crippen molar-refractivity contribution in [2.45, 2.75) is 25.8 Å². The highest BCUT2D eigenvalue weighted by Gasteiger charge is 2.14. The summed E-state index contributed by atoms with van der Waals surface area (Å²) in [6, 6.07) is 3.69. The van der Waals surface area contributed by atoms with E-state index >= 15 is 0 Å². The van der Waals surface area contributed by atoms with Gasteiger partial charge in [-0.1, -0.05) is 25.2 Å². The zero-order chi connectivity index (χ0) is 14.1. The van der Waals surface area contributed by atoms with Crippen LogP contribution < -0.4 is 11.1 Å². The highest BCUT2D eigenvalue weighted by molar-refractivity contribution is 7.14. The number of amides is 1. The van der Waals surface area contributed by atoms with E-state index in [-0.39, 0.29) is 11.9 Å². The van der Waals surface area contributed by atoms with Gasteiger partial charge in [0.15, 0.2) is 0 Å². The molecule has 1 amide bonds. The molecule has 5 heteroatoms. The molecule has 0 bridgehead atoms. The van der Waals surface area contributed by atoms with Gasteiger partial charge in [-0.25, -0.2) is 0 Å². The van der Waals surface area contributed by atoms with E-state index in [2.05, 4.69) is 24.1 Å². The zero-order valence-electron chi connectivity index (χ0n) is 11.4. The summed E-state index contributed by atoms with van der Waals surface area (Å²) >= 11 is 1.38. The van der Waals surface area contributed by atoms with Crippen LogP contribution in [0.15, 0.2) is 12.1 Å². The quantitative estimate of drug-likeness (QED) is 0.778. The summed E-state index contributed by atoms with van der Waals surface area (Å²) in [5, 5.41) is 2.98. The number of hydrogen-bond acceptors (Lipinski definition) is 4. The lowest BCUT2D eigenvalue weighted by Crippen LogP contribution is -2.37. The number of methoxy groups -OCH3 is 1. The normalized spacial score (nSPS) is 11.5. The molecule has 0 aliphatic rings.